The van der Waals surface area contributed by atoms with Gasteiger partial charge in [-0.25, -0.2) is 4.79 Å². The van der Waals surface area contributed by atoms with E-state index in [4.69, 9.17) is 9.84 Å². The first-order valence-corrected chi connectivity index (χ1v) is 6.60. The summed E-state index contributed by atoms with van der Waals surface area (Å²) >= 11 is 0. The molecule has 0 aliphatic heterocycles. The number of carboxylic acid groups (broad SMARTS) is 1. The lowest BCUT2D eigenvalue weighted by Crippen LogP contribution is -2.54. The fraction of sp³-hybridized carbons (Fsp3) is 0.846. The Morgan fingerprint density at radius 2 is 1.79 bits per heavy atom. The van der Waals surface area contributed by atoms with Crippen LogP contribution in [0.25, 0.3) is 0 Å². The Bertz CT molecular complexity index is 300. The fourth-order valence-corrected chi connectivity index (χ4v) is 1.61. The number of nitrogens with zero attached hydrogens (tertiary/aromatic N) is 2. The lowest BCUT2D eigenvalue weighted by molar-refractivity contribution is -0.138. The number of hydrogen-bond acceptors (Lipinski definition) is 3. The molecule has 0 radical (unpaired) electrons. The highest BCUT2D eigenvalue weighted by molar-refractivity contribution is 5.80. The van der Waals surface area contributed by atoms with Crippen molar-refractivity contribution in [3.63, 3.8) is 0 Å². The highest BCUT2D eigenvalue weighted by Crippen LogP contribution is 2.15. The molecule has 0 aromatic heterocycles. The van der Waals surface area contributed by atoms with Crippen LogP contribution in [0, 0.1) is 0 Å². The summed E-state index contributed by atoms with van der Waals surface area (Å²) in [5.74, 6) is -1.01. The van der Waals surface area contributed by atoms with E-state index in [1.54, 1.807) is 4.90 Å². The molecule has 0 heterocycles. The summed E-state index contributed by atoms with van der Waals surface area (Å²) < 4.78 is 5.23. The van der Waals surface area contributed by atoms with E-state index in [-0.39, 0.29) is 12.6 Å². The Morgan fingerprint density at radius 1 is 1.21 bits per heavy atom. The van der Waals surface area contributed by atoms with E-state index in [1.165, 1.54) is 4.90 Å². The van der Waals surface area contributed by atoms with Crippen LogP contribution in [0.4, 0.5) is 4.79 Å². The molecule has 0 saturated heterocycles. The summed E-state index contributed by atoms with van der Waals surface area (Å²) in [7, 11) is 0. The summed E-state index contributed by atoms with van der Waals surface area (Å²) in [5.41, 5.74) is -0.533. The van der Waals surface area contributed by atoms with Gasteiger partial charge in [-0.15, -0.1) is 0 Å². The number of amides is 2. The van der Waals surface area contributed by atoms with Gasteiger partial charge in [0.1, 0.15) is 6.54 Å². The van der Waals surface area contributed by atoms with Crippen LogP contribution in [0.2, 0.25) is 0 Å². The van der Waals surface area contributed by atoms with Gasteiger partial charge in [-0.2, -0.15) is 0 Å². The Morgan fingerprint density at radius 3 is 2.16 bits per heavy atom. The fourth-order valence-electron chi connectivity index (χ4n) is 1.61. The van der Waals surface area contributed by atoms with Crippen LogP contribution in [0.3, 0.4) is 0 Å². The van der Waals surface area contributed by atoms with Gasteiger partial charge in [0, 0.05) is 25.2 Å². The van der Waals surface area contributed by atoms with E-state index in [9.17, 15) is 9.59 Å². The molecule has 6 nitrogen and oxygen atoms in total. The maximum Gasteiger partial charge on any atom is 0.323 e. The molecule has 112 valence electrons. The van der Waals surface area contributed by atoms with Gasteiger partial charge >= 0.3 is 12.0 Å². The standard InChI is InChI=1S/C13H26N2O4/c1-6-14(8-9-19-7-2)12(18)15(10-11(16)17)13(3,4)5/h6-10H2,1-5H3,(H,16,17). The molecule has 2 amide bonds. The topological polar surface area (TPSA) is 70.1 Å². The molecule has 0 aliphatic carbocycles. The second kappa shape index (κ2) is 7.99. The Hall–Kier alpha value is -1.30. The molecule has 0 rings (SSSR count). The SMILES string of the molecule is CCOCCN(CC)C(=O)N(CC(=O)O)C(C)(C)C. The van der Waals surface area contributed by atoms with Crippen molar-refractivity contribution in [2.45, 2.75) is 40.2 Å². The second-order valence-electron chi connectivity index (χ2n) is 5.21. The molecular formula is C13H26N2O4. The van der Waals surface area contributed by atoms with Crippen molar-refractivity contribution < 1.29 is 19.4 Å². The molecule has 6 heteroatoms. The second-order valence-corrected chi connectivity index (χ2v) is 5.21. The first kappa shape index (κ1) is 17.7. The zero-order valence-corrected chi connectivity index (χ0v) is 12.6. The molecule has 0 aromatic carbocycles. The van der Waals surface area contributed by atoms with Crippen LogP contribution in [-0.4, -0.2) is 65.3 Å². The van der Waals surface area contributed by atoms with E-state index in [0.717, 1.165) is 0 Å². The summed E-state index contributed by atoms with van der Waals surface area (Å²) in [4.78, 5) is 26.2. The van der Waals surface area contributed by atoms with Crippen LogP contribution in [-0.2, 0) is 9.53 Å². The molecular weight excluding hydrogens is 248 g/mol. The van der Waals surface area contributed by atoms with Crippen LogP contribution in [0.15, 0.2) is 0 Å². The van der Waals surface area contributed by atoms with E-state index in [2.05, 4.69) is 0 Å². The summed E-state index contributed by atoms with van der Waals surface area (Å²) in [5, 5.41) is 8.93. The highest BCUT2D eigenvalue weighted by Gasteiger charge is 2.31. The Balaban J connectivity index is 4.79. The van der Waals surface area contributed by atoms with E-state index in [1.807, 2.05) is 34.6 Å². The number of ether oxygens (including phenoxy) is 1. The predicted molar refractivity (Wildman–Crippen MR) is 73.2 cm³/mol. The minimum Gasteiger partial charge on any atom is -0.480 e. The maximum absolute atomic E-state index is 12.4. The van der Waals surface area contributed by atoms with Gasteiger partial charge in [0.2, 0.25) is 0 Å². The molecule has 0 aliphatic rings. The van der Waals surface area contributed by atoms with Gasteiger partial charge < -0.3 is 19.6 Å². The van der Waals surface area contributed by atoms with Gasteiger partial charge in [-0.05, 0) is 34.6 Å². The lowest BCUT2D eigenvalue weighted by Gasteiger charge is -2.38. The van der Waals surface area contributed by atoms with Gasteiger partial charge in [-0.1, -0.05) is 0 Å². The van der Waals surface area contributed by atoms with Crippen molar-refractivity contribution in [2.75, 3.05) is 32.8 Å². The Labute approximate surface area is 115 Å². The van der Waals surface area contributed by atoms with E-state index >= 15 is 0 Å². The number of urea groups is 1. The molecule has 0 bridgehead atoms. The van der Waals surface area contributed by atoms with Gasteiger partial charge in [-0.3, -0.25) is 4.79 Å². The van der Waals surface area contributed by atoms with E-state index in [0.29, 0.717) is 26.3 Å². The monoisotopic (exact) mass is 274 g/mol. The molecule has 0 aromatic rings. The summed E-state index contributed by atoms with van der Waals surface area (Å²) in [6.07, 6.45) is 0. The number of carbonyl (C=O) groups is 2. The maximum atomic E-state index is 12.4. The Kier molecular flexibility index (Phi) is 7.44. The van der Waals surface area contributed by atoms with Crippen LogP contribution in [0.5, 0.6) is 0 Å². The summed E-state index contributed by atoms with van der Waals surface area (Å²) in [6.45, 7) is 11.0. The largest absolute Gasteiger partial charge is 0.480 e. The quantitative estimate of drug-likeness (QED) is 0.717. The highest BCUT2D eigenvalue weighted by atomic mass is 16.5. The third kappa shape index (κ3) is 6.42. The first-order chi connectivity index (χ1) is 8.73. The molecule has 0 unspecified atom stereocenters. The predicted octanol–water partition coefficient (Wildman–Crippen LogP) is 1.65. The van der Waals surface area contributed by atoms with Crippen LogP contribution < -0.4 is 0 Å². The molecule has 0 saturated carbocycles. The van der Waals surface area contributed by atoms with Crippen LogP contribution in [0.1, 0.15) is 34.6 Å². The summed E-state index contributed by atoms with van der Waals surface area (Å²) in [6, 6.07) is -0.267. The van der Waals surface area contributed by atoms with Crippen molar-refractivity contribution in [1.82, 2.24) is 9.80 Å². The third-order valence-corrected chi connectivity index (χ3v) is 2.70. The molecule has 19 heavy (non-hydrogen) atoms. The number of hydrogen-bond donors (Lipinski definition) is 1. The van der Waals surface area contributed by atoms with E-state index < -0.39 is 11.5 Å². The zero-order valence-electron chi connectivity index (χ0n) is 12.6. The molecule has 0 spiro atoms. The normalized spacial score (nSPS) is 11.2. The van der Waals surface area contributed by atoms with Crippen molar-refractivity contribution in [1.29, 1.82) is 0 Å². The van der Waals surface area contributed by atoms with Crippen molar-refractivity contribution in [3.8, 4) is 0 Å². The first-order valence-electron chi connectivity index (χ1n) is 6.60. The number of aliphatic carboxylic acids is 1. The average Bonchev–Trinajstić information content (AvgIpc) is 2.29. The van der Waals surface area contributed by atoms with Crippen molar-refractivity contribution in [2.24, 2.45) is 0 Å². The number of carbonyl (C=O) groups excluding carboxylic acids is 1. The molecule has 0 fully saturated rings. The number of rotatable bonds is 7. The lowest BCUT2D eigenvalue weighted by atomic mass is 10.1. The minimum atomic E-state index is -1.01. The van der Waals surface area contributed by atoms with Crippen molar-refractivity contribution >= 4 is 12.0 Å². The smallest absolute Gasteiger partial charge is 0.323 e. The molecule has 1 N–H and O–H groups in total. The van der Waals surface area contributed by atoms with Crippen molar-refractivity contribution in [3.05, 3.63) is 0 Å². The van der Waals surface area contributed by atoms with Gasteiger partial charge in [0.05, 0.1) is 6.61 Å². The minimum absolute atomic E-state index is 0.267. The average molecular weight is 274 g/mol. The van der Waals surface area contributed by atoms with Crippen LogP contribution >= 0.6 is 0 Å². The van der Waals surface area contributed by atoms with Gasteiger partial charge in [0.25, 0.3) is 0 Å². The van der Waals surface area contributed by atoms with Gasteiger partial charge in [0.15, 0.2) is 0 Å². The number of likely N-dealkylation sites (N-methyl/N-ethyl adjacent to an activating group) is 1. The zero-order chi connectivity index (χ0) is 15.1. The third-order valence-electron chi connectivity index (χ3n) is 2.70. The molecule has 0 atom stereocenters. The number of carboxylic acids is 1.